The summed E-state index contributed by atoms with van der Waals surface area (Å²) in [5.74, 6) is 0.826. The van der Waals surface area contributed by atoms with Gasteiger partial charge < -0.3 is 10.6 Å². The summed E-state index contributed by atoms with van der Waals surface area (Å²) in [4.78, 5) is 0. The maximum absolute atomic E-state index is 3.89. The van der Waals surface area contributed by atoms with Crippen molar-refractivity contribution in [3.63, 3.8) is 0 Å². The van der Waals surface area contributed by atoms with Gasteiger partial charge in [-0.25, -0.2) is 0 Å². The third-order valence-corrected chi connectivity index (χ3v) is 5.49. The summed E-state index contributed by atoms with van der Waals surface area (Å²) in [6, 6.07) is 10.5. The molecule has 3 unspecified atom stereocenters. The summed E-state index contributed by atoms with van der Waals surface area (Å²) in [6.45, 7) is 3.51. The monoisotopic (exact) mass is 336 g/mol. The molecule has 110 valence electrons. The van der Waals surface area contributed by atoms with Gasteiger partial charge in [0, 0.05) is 22.6 Å². The number of benzene rings is 1. The van der Waals surface area contributed by atoms with Crippen LogP contribution in [0.2, 0.25) is 0 Å². The first-order chi connectivity index (χ1) is 9.74. The molecule has 0 bridgehead atoms. The van der Waals surface area contributed by atoms with E-state index < -0.39 is 0 Å². The van der Waals surface area contributed by atoms with Crippen LogP contribution >= 0.6 is 15.9 Å². The van der Waals surface area contributed by atoms with Gasteiger partial charge >= 0.3 is 0 Å². The minimum absolute atomic E-state index is 0.430. The second-order valence-electron chi connectivity index (χ2n) is 6.35. The predicted molar refractivity (Wildman–Crippen MR) is 87.8 cm³/mol. The Balaban J connectivity index is 1.64. The van der Waals surface area contributed by atoms with Crippen molar-refractivity contribution in [1.82, 2.24) is 10.6 Å². The van der Waals surface area contributed by atoms with E-state index in [1.807, 2.05) is 0 Å². The Morgan fingerprint density at radius 2 is 2.15 bits per heavy atom. The normalized spacial score (nSPS) is 31.6. The first-order valence-electron chi connectivity index (χ1n) is 7.99. The highest BCUT2D eigenvalue weighted by Crippen LogP contribution is 2.33. The topological polar surface area (TPSA) is 24.1 Å². The molecular weight excluding hydrogens is 312 g/mol. The number of hydrogen-bond acceptors (Lipinski definition) is 2. The lowest BCUT2D eigenvalue weighted by atomic mass is 9.92. The molecule has 2 N–H and O–H groups in total. The second-order valence-corrected chi connectivity index (χ2v) is 7.26. The van der Waals surface area contributed by atoms with Gasteiger partial charge in [0.15, 0.2) is 0 Å². The minimum atomic E-state index is 0.430. The van der Waals surface area contributed by atoms with E-state index >= 15 is 0 Å². The Labute approximate surface area is 130 Å². The molecule has 2 fully saturated rings. The maximum atomic E-state index is 3.89. The molecule has 3 rings (SSSR count). The summed E-state index contributed by atoms with van der Waals surface area (Å²) in [7, 11) is 0. The van der Waals surface area contributed by atoms with Gasteiger partial charge in [-0.1, -0.05) is 34.5 Å². The highest BCUT2D eigenvalue weighted by Gasteiger charge is 2.35. The van der Waals surface area contributed by atoms with Crippen molar-refractivity contribution >= 4 is 15.9 Å². The third kappa shape index (κ3) is 3.26. The largest absolute Gasteiger partial charge is 0.314 e. The minimum Gasteiger partial charge on any atom is -0.314 e. The fraction of sp³-hybridized carbons (Fsp3) is 0.647. The van der Waals surface area contributed by atoms with Gasteiger partial charge in [-0.15, -0.1) is 0 Å². The van der Waals surface area contributed by atoms with E-state index in [-0.39, 0.29) is 0 Å². The Bertz CT molecular complexity index is 442. The van der Waals surface area contributed by atoms with Gasteiger partial charge in [0.2, 0.25) is 0 Å². The molecule has 0 radical (unpaired) electrons. The van der Waals surface area contributed by atoms with Crippen LogP contribution < -0.4 is 10.6 Å². The molecule has 1 aliphatic heterocycles. The molecule has 1 saturated heterocycles. The van der Waals surface area contributed by atoms with Gasteiger partial charge in [0.05, 0.1) is 0 Å². The molecule has 4 atom stereocenters. The molecule has 1 heterocycles. The van der Waals surface area contributed by atoms with Crippen LogP contribution in [0.1, 0.15) is 50.6 Å². The highest BCUT2D eigenvalue weighted by atomic mass is 79.9. The van der Waals surface area contributed by atoms with E-state index in [4.69, 9.17) is 0 Å². The van der Waals surface area contributed by atoms with Crippen molar-refractivity contribution in [2.24, 2.45) is 5.92 Å². The van der Waals surface area contributed by atoms with Gasteiger partial charge in [0.1, 0.15) is 0 Å². The fourth-order valence-corrected chi connectivity index (χ4v) is 4.36. The molecule has 3 heteroatoms. The van der Waals surface area contributed by atoms with Crippen molar-refractivity contribution in [1.29, 1.82) is 0 Å². The Hall–Kier alpha value is -0.380. The molecule has 0 spiro atoms. The van der Waals surface area contributed by atoms with Crippen LogP contribution in [0.5, 0.6) is 0 Å². The smallest absolute Gasteiger partial charge is 0.0294 e. The van der Waals surface area contributed by atoms with E-state index in [0.29, 0.717) is 12.1 Å². The molecule has 2 aliphatic rings. The number of hydrogen-bond donors (Lipinski definition) is 2. The van der Waals surface area contributed by atoms with Crippen molar-refractivity contribution in [2.75, 3.05) is 6.54 Å². The zero-order chi connectivity index (χ0) is 13.9. The zero-order valence-electron chi connectivity index (χ0n) is 12.2. The lowest BCUT2D eigenvalue weighted by Gasteiger charge is -2.29. The molecule has 2 nitrogen and oxygen atoms in total. The van der Waals surface area contributed by atoms with Crippen LogP contribution in [0.4, 0.5) is 0 Å². The van der Waals surface area contributed by atoms with Crippen molar-refractivity contribution in [3.8, 4) is 0 Å². The molecule has 1 aromatic carbocycles. The molecule has 20 heavy (non-hydrogen) atoms. The third-order valence-electron chi connectivity index (χ3n) is 5.00. The summed E-state index contributed by atoms with van der Waals surface area (Å²) < 4.78 is 1.17. The van der Waals surface area contributed by atoms with Crippen molar-refractivity contribution in [3.05, 3.63) is 34.3 Å². The molecule has 1 aromatic rings. The Kier molecular flexibility index (Phi) is 4.79. The summed E-state index contributed by atoms with van der Waals surface area (Å²) in [5, 5.41) is 7.59. The van der Waals surface area contributed by atoms with Gasteiger partial charge in [-0.05, 0) is 62.8 Å². The van der Waals surface area contributed by atoms with E-state index in [9.17, 15) is 0 Å². The summed E-state index contributed by atoms with van der Waals surface area (Å²) in [6.07, 6.45) is 6.83. The van der Waals surface area contributed by atoms with E-state index in [1.165, 1.54) is 48.7 Å². The van der Waals surface area contributed by atoms with Crippen LogP contribution in [-0.4, -0.2) is 18.6 Å². The summed E-state index contributed by atoms with van der Waals surface area (Å²) >= 11 is 3.57. The molecule has 1 saturated carbocycles. The average Bonchev–Trinajstić information content (AvgIpc) is 3.08. The zero-order valence-corrected chi connectivity index (χ0v) is 13.8. The molecule has 1 aliphatic carbocycles. The summed E-state index contributed by atoms with van der Waals surface area (Å²) in [5.41, 5.74) is 1.38. The first-order valence-corrected chi connectivity index (χ1v) is 8.78. The van der Waals surface area contributed by atoms with Gasteiger partial charge in [-0.2, -0.15) is 0 Å². The molecule has 0 amide bonds. The number of rotatable bonds is 4. The standard InChI is InChI=1S/C17H25BrN2/c1-12(13-5-2-6-14(18)11-13)20-17-8-3-7-15(17)16-9-4-10-19-16/h2,5-6,11-12,15-17,19-20H,3-4,7-10H2,1H3/t12-,15?,16?,17?/m0/s1. The van der Waals surface area contributed by atoms with E-state index in [0.717, 1.165) is 12.0 Å². The van der Waals surface area contributed by atoms with E-state index in [1.54, 1.807) is 0 Å². The van der Waals surface area contributed by atoms with Gasteiger partial charge in [0.25, 0.3) is 0 Å². The number of halogens is 1. The highest BCUT2D eigenvalue weighted by molar-refractivity contribution is 9.10. The molecule has 0 aromatic heterocycles. The Morgan fingerprint density at radius 1 is 1.25 bits per heavy atom. The average molecular weight is 337 g/mol. The molecular formula is C17H25BrN2. The lowest BCUT2D eigenvalue weighted by molar-refractivity contribution is 0.303. The van der Waals surface area contributed by atoms with E-state index in [2.05, 4.69) is 57.8 Å². The first kappa shape index (κ1) is 14.6. The second kappa shape index (κ2) is 6.59. The van der Waals surface area contributed by atoms with Crippen molar-refractivity contribution < 1.29 is 0 Å². The quantitative estimate of drug-likeness (QED) is 0.867. The van der Waals surface area contributed by atoms with Crippen LogP contribution in [0.3, 0.4) is 0 Å². The van der Waals surface area contributed by atoms with Crippen molar-refractivity contribution in [2.45, 2.75) is 57.2 Å². The van der Waals surface area contributed by atoms with Crippen LogP contribution in [0.25, 0.3) is 0 Å². The maximum Gasteiger partial charge on any atom is 0.0294 e. The lowest BCUT2D eigenvalue weighted by Crippen LogP contribution is -2.42. The SMILES string of the molecule is C[C@H](NC1CCCC1C1CCCN1)c1cccc(Br)c1. The van der Waals surface area contributed by atoms with Crippen LogP contribution in [-0.2, 0) is 0 Å². The Morgan fingerprint density at radius 3 is 2.90 bits per heavy atom. The fourth-order valence-electron chi connectivity index (χ4n) is 3.95. The van der Waals surface area contributed by atoms with Crippen LogP contribution in [0.15, 0.2) is 28.7 Å². The number of nitrogens with one attached hydrogen (secondary N) is 2. The van der Waals surface area contributed by atoms with Crippen LogP contribution in [0, 0.1) is 5.92 Å². The predicted octanol–water partition coefficient (Wildman–Crippen LogP) is 4.02. The van der Waals surface area contributed by atoms with Gasteiger partial charge in [-0.3, -0.25) is 0 Å².